The number of halogens is 2. The first-order valence-corrected chi connectivity index (χ1v) is 6.96. The number of carboxylic acids is 1. The molecule has 1 heterocycles. The molecule has 1 aliphatic carbocycles. The molecule has 0 saturated heterocycles. The van der Waals surface area contributed by atoms with Gasteiger partial charge >= 0.3 is 5.97 Å². The maximum atomic E-state index is 12.2. The number of carboxylic acid groups (broad SMARTS) is 1. The fourth-order valence-corrected chi connectivity index (χ4v) is 2.80. The van der Waals surface area contributed by atoms with Gasteiger partial charge in [0.15, 0.2) is 0 Å². The summed E-state index contributed by atoms with van der Waals surface area (Å²) in [4.78, 5) is 27.4. The van der Waals surface area contributed by atoms with Crippen LogP contribution in [0.3, 0.4) is 0 Å². The van der Waals surface area contributed by atoms with Gasteiger partial charge in [0.1, 0.15) is 10.8 Å². The van der Waals surface area contributed by atoms with Crippen LogP contribution in [0.4, 0.5) is 0 Å². The SMILES string of the molecule is CC1(C(=O)O)CCCC1NC(=O)c1nc(Cl)ccc1Cl. The van der Waals surface area contributed by atoms with Crippen molar-refractivity contribution < 1.29 is 14.7 Å². The van der Waals surface area contributed by atoms with E-state index in [1.165, 1.54) is 12.1 Å². The van der Waals surface area contributed by atoms with Crippen LogP contribution in [0.25, 0.3) is 0 Å². The van der Waals surface area contributed by atoms with Crippen molar-refractivity contribution in [2.45, 2.75) is 32.2 Å². The molecule has 0 radical (unpaired) electrons. The summed E-state index contributed by atoms with van der Waals surface area (Å²) >= 11 is 11.7. The minimum Gasteiger partial charge on any atom is -0.481 e. The van der Waals surface area contributed by atoms with Gasteiger partial charge in [0.05, 0.1) is 10.4 Å². The van der Waals surface area contributed by atoms with E-state index in [0.717, 1.165) is 6.42 Å². The van der Waals surface area contributed by atoms with Gasteiger partial charge in [0, 0.05) is 6.04 Å². The molecule has 108 valence electrons. The number of amides is 1. The zero-order valence-electron chi connectivity index (χ0n) is 10.8. The summed E-state index contributed by atoms with van der Waals surface area (Å²) in [5, 5.41) is 12.4. The van der Waals surface area contributed by atoms with Crippen molar-refractivity contribution in [2.24, 2.45) is 5.41 Å². The molecule has 0 aromatic carbocycles. The zero-order chi connectivity index (χ0) is 14.9. The molecule has 2 rings (SSSR count). The van der Waals surface area contributed by atoms with E-state index in [-0.39, 0.29) is 15.9 Å². The van der Waals surface area contributed by atoms with Crippen LogP contribution < -0.4 is 5.32 Å². The molecule has 7 heteroatoms. The number of aliphatic carboxylic acids is 1. The topological polar surface area (TPSA) is 79.3 Å². The summed E-state index contributed by atoms with van der Waals surface area (Å²) in [6, 6.07) is 2.53. The lowest BCUT2D eigenvalue weighted by molar-refractivity contribution is -0.148. The molecular formula is C13H14Cl2N2O3. The zero-order valence-corrected chi connectivity index (χ0v) is 12.3. The first kappa shape index (κ1) is 15.1. The first-order chi connectivity index (χ1) is 9.34. The Morgan fingerprint density at radius 3 is 2.80 bits per heavy atom. The highest BCUT2D eigenvalue weighted by Crippen LogP contribution is 2.38. The molecule has 20 heavy (non-hydrogen) atoms. The predicted molar refractivity (Wildman–Crippen MR) is 75.1 cm³/mol. The molecule has 0 bridgehead atoms. The van der Waals surface area contributed by atoms with E-state index in [1.807, 2.05) is 0 Å². The van der Waals surface area contributed by atoms with Gasteiger partial charge < -0.3 is 10.4 Å². The number of hydrogen-bond acceptors (Lipinski definition) is 3. The average molecular weight is 317 g/mol. The Labute approximate surface area is 126 Å². The van der Waals surface area contributed by atoms with Crippen LogP contribution in [-0.2, 0) is 4.79 Å². The van der Waals surface area contributed by atoms with Crippen LogP contribution in [0.15, 0.2) is 12.1 Å². The van der Waals surface area contributed by atoms with Gasteiger partial charge in [-0.1, -0.05) is 29.6 Å². The van der Waals surface area contributed by atoms with Crippen LogP contribution >= 0.6 is 23.2 Å². The third kappa shape index (κ3) is 2.74. The fraction of sp³-hybridized carbons (Fsp3) is 0.462. The Morgan fingerprint density at radius 2 is 2.15 bits per heavy atom. The van der Waals surface area contributed by atoms with E-state index in [1.54, 1.807) is 6.92 Å². The third-order valence-electron chi connectivity index (χ3n) is 3.78. The Kier molecular flexibility index (Phi) is 4.20. The number of aromatic nitrogens is 1. The molecule has 0 aliphatic heterocycles. The summed E-state index contributed by atoms with van der Waals surface area (Å²) in [5.41, 5.74) is -0.945. The second kappa shape index (κ2) is 5.58. The van der Waals surface area contributed by atoms with Gasteiger partial charge in [-0.25, -0.2) is 4.98 Å². The summed E-state index contributed by atoms with van der Waals surface area (Å²) in [6.45, 7) is 1.64. The molecular weight excluding hydrogens is 303 g/mol. The minimum atomic E-state index is -0.958. The number of carbonyl (C=O) groups excluding carboxylic acids is 1. The highest BCUT2D eigenvalue weighted by atomic mass is 35.5. The van der Waals surface area contributed by atoms with Crippen molar-refractivity contribution in [3.05, 3.63) is 28.0 Å². The number of carbonyl (C=O) groups is 2. The van der Waals surface area contributed by atoms with E-state index in [9.17, 15) is 14.7 Å². The maximum Gasteiger partial charge on any atom is 0.311 e. The highest BCUT2D eigenvalue weighted by molar-refractivity contribution is 6.34. The molecule has 1 saturated carbocycles. The lowest BCUT2D eigenvalue weighted by atomic mass is 9.85. The van der Waals surface area contributed by atoms with Gasteiger partial charge in [-0.15, -0.1) is 0 Å². The summed E-state index contributed by atoms with van der Waals surface area (Å²) in [7, 11) is 0. The highest BCUT2D eigenvalue weighted by Gasteiger charge is 2.46. The average Bonchev–Trinajstić information content (AvgIpc) is 2.75. The second-order valence-corrected chi connectivity index (χ2v) is 5.90. The van der Waals surface area contributed by atoms with Gasteiger partial charge in [-0.05, 0) is 31.9 Å². The van der Waals surface area contributed by atoms with Crippen molar-refractivity contribution in [1.29, 1.82) is 0 Å². The van der Waals surface area contributed by atoms with Crippen LogP contribution in [0.2, 0.25) is 10.2 Å². The van der Waals surface area contributed by atoms with E-state index < -0.39 is 23.3 Å². The van der Waals surface area contributed by atoms with Crippen LogP contribution in [-0.4, -0.2) is 28.0 Å². The van der Waals surface area contributed by atoms with E-state index >= 15 is 0 Å². The smallest absolute Gasteiger partial charge is 0.311 e. The van der Waals surface area contributed by atoms with Crippen LogP contribution in [0.1, 0.15) is 36.7 Å². The molecule has 2 unspecified atom stereocenters. The van der Waals surface area contributed by atoms with Crippen molar-refractivity contribution in [2.75, 3.05) is 0 Å². The normalized spacial score (nSPS) is 25.4. The molecule has 0 spiro atoms. The Balaban J connectivity index is 2.19. The van der Waals surface area contributed by atoms with Crippen molar-refractivity contribution >= 4 is 35.1 Å². The summed E-state index contributed by atoms with van der Waals surface area (Å²) in [5.74, 6) is -1.41. The molecule has 5 nitrogen and oxygen atoms in total. The molecule has 1 aromatic rings. The molecule has 1 amide bonds. The predicted octanol–water partition coefficient (Wildman–Crippen LogP) is 2.76. The lowest BCUT2D eigenvalue weighted by Gasteiger charge is -2.27. The third-order valence-corrected chi connectivity index (χ3v) is 4.29. The van der Waals surface area contributed by atoms with Gasteiger partial charge in [-0.3, -0.25) is 9.59 Å². The molecule has 1 aliphatic rings. The van der Waals surface area contributed by atoms with Crippen molar-refractivity contribution in [1.82, 2.24) is 10.3 Å². The van der Waals surface area contributed by atoms with E-state index in [4.69, 9.17) is 23.2 Å². The summed E-state index contributed by atoms with van der Waals surface area (Å²) in [6.07, 6.45) is 1.90. The fourth-order valence-electron chi connectivity index (χ4n) is 2.46. The largest absolute Gasteiger partial charge is 0.481 e. The van der Waals surface area contributed by atoms with Crippen LogP contribution in [0, 0.1) is 5.41 Å². The Hall–Kier alpha value is -1.33. The first-order valence-electron chi connectivity index (χ1n) is 6.21. The number of pyridine rings is 1. The molecule has 2 N–H and O–H groups in total. The summed E-state index contributed by atoms with van der Waals surface area (Å²) < 4.78 is 0. The lowest BCUT2D eigenvalue weighted by Crippen LogP contribution is -2.47. The second-order valence-electron chi connectivity index (χ2n) is 5.11. The Bertz CT molecular complexity index is 565. The maximum absolute atomic E-state index is 12.2. The van der Waals surface area contributed by atoms with Gasteiger partial charge in [0.2, 0.25) is 0 Å². The molecule has 1 aromatic heterocycles. The quantitative estimate of drug-likeness (QED) is 0.840. The number of hydrogen-bond donors (Lipinski definition) is 2. The van der Waals surface area contributed by atoms with E-state index in [2.05, 4.69) is 10.3 Å². The van der Waals surface area contributed by atoms with Gasteiger partial charge in [0.25, 0.3) is 5.91 Å². The molecule has 1 fully saturated rings. The number of rotatable bonds is 3. The van der Waals surface area contributed by atoms with Crippen molar-refractivity contribution in [3.63, 3.8) is 0 Å². The molecule has 2 atom stereocenters. The van der Waals surface area contributed by atoms with Gasteiger partial charge in [-0.2, -0.15) is 0 Å². The van der Waals surface area contributed by atoms with Crippen molar-refractivity contribution in [3.8, 4) is 0 Å². The number of nitrogens with zero attached hydrogens (tertiary/aromatic N) is 1. The number of nitrogens with one attached hydrogen (secondary N) is 1. The Morgan fingerprint density at radius 1 is 1.45 bits per heavy atom. The minimum absolute atomic E-state index is 0.0128. The monoisotopic (exact) mass is 316 g/mol. The standard InChI is InChI=1S/C13H14Cl2N2O3/c1-13(12(19)20)6-2-3-8(13)16-11(18)10-7(14)4-5-9(15)17-10/h4-5,8H,2-3,6H2,1H3,(H,16,18)(H,19,20). The van der Waals surface area contributed by atoms with Crippen LogP contribution in [0.5, 0.6) is 0 Å². The van der Waals surface area contributed by atoms with E-state index in [0.29, 0.717) is 12.8 Å².